The Bertz CT molecular complexity index is 2060. The standard InChI is InChI=1S/C35H25Cl2N3O6S2/c36-24-11-9-23(26(37)17-24)19-47-35-39-38-34(48-35)40-30(21-7-4-8-25(15-21)46-18-20-5-2-1-3-6-20)29(32(42)33(40)43)31(41)22-10-12-27-28(16-22)45-14-13-44-27/h1-12,15-17,30,41H,13-14,18-19H2/t30-/m1/s1. The lowest BCUT2D eigenvalue weighted by Crippen LogP contribution is -2.29. The first-order chi connectivity index (χ1) is 23.4. The second-order valence-electron chi connectivity index (χ2n) is 10.7. The van der Waals surface area contributed by atoms with Gasteiger partial charge in [-0.1, -0.05) is 94.8 Å². The van der Waals surface area contributed by atoms with E-state index >= 15 is 0 Å². The van der Waals surface area contributed by atoms with E-state index in [-0.39, 0.29) is 16.5 Å². The molecule has 1 N–H and O–H groups in total. The van der Waals surface area contributed by atoms with Gasteiger partial charge in [0.1, 0.15) is 31.3 Å². The number of hydrogen-bond donors (Lipinski definition) is 1. The number of rotatable bonds is 9. The Hall–Kier alpha value is -4.55. The van der Waals surface area contributed by atoms with Gasteiger partial charge in [-0.3, -0.25) is 14.5 Å². The molecule has 1 amide bonds. The SMILES string of the molecule is O=C1C(=O)N(c2nnc(SCc3ccc(Cl)cc3Cl)s2)[C@H](c2cccc(OCc3ccccc3)c2)C1=C(O)c1ccc2c(c1)OCCO2. The molecule has 0 unspecified atom stereocenters. The second-order valence-corrected chi connectivity index (χ2v) is 13.8. The van der Waals surface area contributed by atoms with Crippen LogP contribution in [0.4, 0.5) is 5.13 Å². The summed E-state index contributed by atoms with van der Waals surface area (Å²) in [5.41, 5.74) is 2.57. The summed E-state index contributed by atoms with van der Waals surface area (Å²) in [5.74, 6) is -0.100. The second kappa shape index (κ2) is 13.9. The summed E-state index contributed by atoms with van der Waals surface area (Å²) in [5, 5.41) is 21.5. The van der Waals surface area contributed by atoms with Gasteiger partial charge < -0.3 is 19.3 Å². The molecule has 1 aromatic heterocycles. The number of amides is 1. The lowest BCUT2D eigenvalue weighted by Gasteiger charge is -2.23. The predicted molar refractivity (Wildman–Crippen MR) is 185 cm³/mol. The minimum atomic E-state index is -1.03. The summed E-state index contributed by atoms with van der Waals surface area (Å²) in [7, 11) is 0. The fourth-order valence-electron chi connectivity index (χ4n) is 5.34. The zero-order valence-corrected chi connectivity index (χ0v) is 28.1. The maximum atomic E-state index is 13.8. The van der Waals surface area contributed by atoms with E-state index in [9.17, 15) is 14.7 Å². The van der Waals surface area contributed by atoms with Crippen LogP contribution in [0.25, 0.3) is 5.76 Å². The van der Waals surface area contributed by atoms with Crippen molar-refractivity contribution in [3.8, 4) is 17.2 Å². The van der Waals surface area contributed by atoms with Crippen molar-refractivity contribution in [2.75, 3.05) is 18.1 Å². The number of Topliss-reactive ketones (excluding diaryl/α,β-unsaturated/α-hetero) is 1. The van der Waals surface area contributed by atoms with Crippen molar-refractivity contribution >= 4 is 68.9 Å². The van der Waals surface area contributed by atoms with Crippen LogP contribution < -0.4 is 19.1 Å². The molecule has 0 spiro atoms. The number of aliphatic hydroxyl groups is 1. The monoisotopic (exact) mass is 717 g/mol. The highest BCUT2D eigenvalue weighted by Gasteiger charge is 2.48. The van der Waals surface area contributed by atoms with E-state index in [1.54, 1.807) is 54.6 Å². The number of fused-ring (bicyclic) bond motifs is 1. The van der Waals surface area contributed by atoms with E-state index in [4.69, 9.17) is 37.4 Å². The van der Waals surface area contributed by atoms with Crippen LogP contribution in [0.15, 0.2) is 101 Å². The third-order valence-corrected chi connectivity index (χ3v) is 10.3. The molecule has 1 atom stereocenters. The normalized spacial score (nSPS) is 16.7. The van der Waals surface area contributed by atoms with Gasteiger partial charge in [0.2, 0.25) is 5.13 Å². The molecule has 4 aromatic carbocycles. The number of anilines is 1. The fraction of sp³-hybridized carbons (Fsp3) is 0.143. The number of benzene rings is 4. The number of aliphatic hydroxyl groups excluding tert-OH is 1. The molecule has 1 fully saturated rings. The lowest BCUT2D eigenvalue weighted by atomic mass is 9.95. The van der Waals surface area contributed by atoms with Gasteiger partial charge in [0.25, 0.3) is 5.78 Å². The largest absolute Gasteiger partial charge is 0.507 e. The Morgan fingerprint density at radius 2 is 1.75 bits per heavy atom. The first-order valence-corrected chi connectivity index (χ1v) is 17.3. The zero-order valence-electron chi connectivity index (χ0n) is 25.0. The van der Waals surface area contributed by atoms with Crippen LogP contribution >= 0.6 is 46.3 Å². The zero-order chi connectivity index (χ0) is 33.2. The van der Waals surface area contributed by atoms with E-state index < -0.39 is 17.7 Å². The van der Waals surface area contributed by atoms with Crippen LogP contribution in [0.1, 0.15) is 28.3 Å². The average Bonchev–Trinajstić information content (AvgIpc) is 3.68. The van der Waals surface area contributed by atoms with Crippen molar-refractivity contribution in [1.29, 1.82) is 0 Å². The van der Waals surface area contributed by atoms with Gasteiger partial charge in [0, 0.05) is 21.4 Å². The molecule has 9 nitrogen and oxygen atoms in total. The van der Waals surface area contributed by atoms with Crippen LogP contribution in [-0.4, -0.2) is 40.2 Å². The smallest absolute Gasteiger partial charge is 0.301 e. The Labute approximate surface area is 293 Å². The lowest BCUT2D eigenvalue weighted by molar-refractivity contribution is -0.132. The van der Waals surface area contributed by atoms with Crippen molar-refractivity contribution in [2.24, 2.45) is 0 Å². The van der Waals surface area contributed by atoms with E-state index in [1.807, 2.05) is 36.4 Å². The minimum Gasteiger partial charge on any atom is -0.507 e. The summed E-state index contributed by atoms with van der Waals surface area (Å²) in [6, 6.07) is 25.9. The molecule has 3 heterocycles. The first kappa shape index (κ1) is 32.0. The van der Waals surface area contributed by atoms with Gasteiger partial charge in [0.05, 0.1) is 11.6 Å². The minimum absolute atomic E-state index is 0.103. The Morgan fingerprint density at radius 1 is 0.938 bits per heavy atom. The van der Waals surface area contributed by atoms with Crippen LogP contribution in [0.5, 0.6) is 17.2 Å². The Balaban J connectivity index is 1.25. The summed E-state index contributed by atoms with van der Waals surface area (Å²) >= 11 is 14.9. The van der Waals surface area contributed by atoms with Crippen molar-refractivity contribution in [3.63, 3.8) is 0 Å². The third kappa shape index (κ3) is 6.59. The summed E-state index contributed by atoms with van der Waals surface area (Å²) in [4.78, 5) is 28.8. The number of halogens is 2. The molecule has 5 aromatic rings. The van der Waals surface area contributed by atoms with Crippen molar-refractivity contribution in [1.82, 2.24) is 10.2 Å². The maximum absolute atomic E-state index is 13.8. The molecule has 0 bridgehead atoms. The molecule has 7 rings (SSSR count). The highest BCUT2D eigenvalue weighted by atomic mass is 35.5. The van der Waals surface area contributed by atoms with Crippen LogP contribution in [0.3, 0.4) is 0 Å². The number of ether oxygens (including phenoxy) is 3. The molecule has 0 radical (unpaired) electrons. The number of aromatic nitrogens is 2. The molecule has 13 heteroatoms. The third-order valence-electron chi connectivity index (χ3n) is 7.65. The number of nitrogens with zero attached hydrogens (tertiary/aromatic N) is 3. The van der Waals surface area contributed by atoms with Crippen molar-refractivity contribution in [3.05, 3.63) is 129 Å². The average molecular weight is 719 g/mol. The van der Waals surface area contributed by atoms with E-state index in [1.165, 1.54) is 16.7 Å². The van der Waals surface area contributed by atoms with Crippen LogP contribution in [0.2, 0.25) is 10.0 Å². The number of carbonyl (C=O) groups is 2. The van der Waals surface area contributed by atoms with Crippen LogP contribution in [-0.2, 0) is 21.9 Å². The summed E-state index contributed by atoms with van der Waals surface area (Å²) in [6.45, 7) is 1.07. The van der Waals surface area contributed by atoms with Gasteiger partial charge >= 0.3 is 5.91 Å². The molecule has 48 heavy (non-hydrogen) atoms. The van der Waals surface area contributed by atoms with Gasteiger partial charge in [-0.2, -0.15) is 0 Å². The predicted octanol–water partition coefficient (Wildman–Crippen LogP) is 8.11. The maximum Gasteiger partial charge on any atom is 0.301 e. The number of hydrogen-bond acceptors (Lipinski definition) is 10. The van der Waals surface area contributed by atoms with E-state index in [0.29, 0.717) is 68.3 Å². The van der Waals surface area contributed by atoms with Crippen molar-refractivity contribution in [2.45, 2.75) is 22.7 Å². The van der Waals surface area contributed by atoms with E-state index in [0.717, 1.165) is 22.5 Å². The molecule has 2 aliphatic rings. The molecular formula is C35H25Cl2N3O6S2. The topological polar surface area (TPSA) is 111 Å². The number of carbonyl (C=O) groups excluding carboxylic acids is 2. The molecule has 242 valence electrons. The van der Waals surface area contributed by atoms with E-state index in [2.05, 4.69) is 10.2 Å². The Morgan fingerprint density at radius 3 is 2.56 bits per heavy atom. The highest BCUT2D eigenvalue weighted by molar-refractivity contribution is 8.00. The van der Waals surface area contributed by atoms with Gasteiger partial charge in [-0.05, 0) is 59.2 Å². The highest BCUT2D eigenvalue weighted by Crippen LogP contribution is 2.45. The summed E-state index contributed by atoms with van der Waals surface area (Å²) < 4.78 is 18.0. The van der Waals surface area contributed by atoms with Crippen LogP contribution in [0, 0.1) is 0 Å². The van der Waals surface area contributed by atoms with Crippen molar-refractivity contribution < 1.29 is 28.9 Å². The summed E-state index contributed by atoms with van der Waals surface area (Å²) in [6.07, 6.45) is 0. The first-order valence-electron chi connectivity index (χ1n) is 14.7. The van der Waals surface area contributed by atoms with Gasteiger partial charge in [-0.15, -0.1) is 10.2 Å². The van der Waals surface area contributed by atoms with Gasteiger partial charge in [0.15, 0.2) is 15.8 Å². The quantitative estimate of drug-likeness (QED) is 0.0531. The Kier molecular flexibility index (Phi) is 9.27. The fourth-order valence-corrected chi connectivity index (χ4v) is 7.77. The molecule has 2 aliphatic heterocycles. The molecule has 0 aliphatic carbocycles. The number of thioether (sulfide) groups is 1. The molecular weight excluding hydrogens is 693 g/mol. The van der Waals surface area contributed by atoms with Gasteiger partial charge in [-0.25, -0.2) is 0 Å². The molecule has 0 saturated carbocycles. The number of ketones is 1. The molecule has 1 saturated heterocycles.